The summed E-state index contributed by atoms with van der Waals surface area (Å²) in [4.78, 5) is 8.47. The van der Waals surface area contributed by atoms with Crippen LogP contribution in [-0.4, -0.2) is 35.4 Å². The molecule has 156 valence electrons. The van der Waals surface area contributed by atoms with Crippen molar-refractivity contribution in [2.24, 2.45) is 0 Å². The summed E-state index contributed by atoms with van der Waals surface area (Å²) in [7, 11) is 1.55. The van der Waals surface area contributed by atoms with Crippen molar-refractivity contribution in [1.82, 2.24) is 9.97 Å². The van der Waals surface area contributed by atoms with Gasteiger partial charge in [0.2, 0.25) is 5.88 Å². The number of benzene rings is 1. The minimum Gasteiger partial charge on any atom is -0.491 e. The van der Waals surface area contributed by atoms with Gasteiger partial charge in [-0.15, -0.1) is 11.8 Å². The van der Waals surface area contributed by atoms with Gasteiger partial charge in [-0.3, -0.25) is 0 Å². The number of aliphatic hydroxyl groups is 1. The van der Waals surface area contributed by atoms with E-state index < -0.39 is 0 Å². The number of rotatable bonds is 8. The second kappa shape index (κ2) is 10.6. The molecule has 2 aromatic heterocycles. The number of ether oxygens (including phenoxy) is 2. The van der Waals surface area contributed by atoms with Gasteiger partial charge in [-0.1, -0.05) is 29.8 Å². The Kier molecular flexibility index (Phi) is 7.69. The minimum atomic E-state index is -0.0941. The van der Waals surface area contributed by atoms with E-state index in [2.05, 4.69) is 22.1 Å². The van der Waals surface area contributed by atoms with E-state index in [0.717, 1.165) is 5.56 Å². The topological polar surface area (TPSA) is 112 Å². The Bertz CT molecular complexity index is 1140. The van der Waals surface area contributed by atoms with Crippen LogP contribution in [0.2, 0.25) is 5.15 Å². The third-order valence-corrected chi connectivity index (χ3v) is 5.55. The maximum Gasteiger partial charge on any atom is 0.212 e. The first-order valence-electron chi connectivity index (χ1n) is 9.10. The molecular formula is C22H17ClN4O3S. The lowest BCUT2D eigenvalue weighted by Gasteiger charge is -2.13. The van der Waals surface area contributed by atoms with E-state index in [1.165, 1.54) is 11.8 Å². The normalized spacial score (nSPS) is 10.2. The molecule has 31 heavy (non-hydrogen) atoms. The largest absolute Gasteiger partial charge is 0.491 e. The second-order valence-electron chi connectivity index (χ2n) is 6.15. The van der Waals surface area contributed by atoms with E-state index in [9.17, 15) is 10.5 Å². The first kappa shape index (κ1) is 22.4. The average Bonchev–Trinajstić information content (AvgIpc) is 2.81. The summed E-state index contributed by atoms with van der Waals surface area (Å²) in [6, 6.07) is 14.8. The molecule has 3 rings (SSSR count). The van der Waals surface area contributed by atoms with Gasteiger partial charge < -0.3 is 14.6 Å². The fourth-order valence-corrected chi connectivity index (χ4v) is 3.98. The van der Waals surface area contributed by atoms with Crippen LogP contribution in [0.5, 0.6) is 11.6 Å². The van der Waals surface area contributed by atoms with Gasteiger partial charge in [-0.2, -0.15) is 10.5 Å². The number of hydrogen-bond acceptors (Lipinski definition) is 8. The summed E-state index contributed by atoms with van der Waals surface area (Å²) in [5.74, 6) is 1.59. The van der Waals surface area contributed by atoms with Crippen LogP contribution in [0.1, 0.15) is 16.7 Å². The molecule has 0 spiro atoms. The molecule has 7 nitrogen and oxygen atoms in total. The molecule has 0 fully saturated rings. The number of methoxy groups -OCH3 is 1. The highest BCUT2D eigenvalue weighted by Crippen LogP contribution is 2.37. The number of aromatic nitrogens is 2. The fraction of sp³-hybridized carbons (Fsp3) is 0.182. The lowest BCUT2D eigenvalue weighted by atomic mass is 9.97. The van der Waals surface area contributed by atoms with Gasteiger partial charge >= 0.3 is 0 Å². The molecule has 0 atom stereocenters. The monoisotopic (exact) mass is 452 g/mol. The number of hydrogen-bond donors (Lipinski definition) is 1. The second-order valence-corrected chi connectivity index (χ2v) is 7.47. The number of aliphatic hydroxyl groups excluding tert-OH is 1. The molecule has 3 aromatic rings. The smallest absolute Gasteiger partial charge is 0.212 e. The lowest BCUT2D eigenvalue weighted by molar-refractivity contribution is 0.201. The van der Waals surface area contributed by atoms with Crippen molar-refractivity contribution in [1.29, 1.82) is 10.5 Å². The fourth-order valence-electron chi connectivity index (χ4n) is 2.78. The predicted molar refractivity (Wildman–Crippen MR) is 117 cm³/mol. The summed E-state index contributed by atoms with van der Waals surface area (Å²) < 4.78 is 10.4. The third-order valence-electron chi connectivity index (χ3n) is 4.23. The number of halogens is 1. The number of thioether (sulfide) groups is 1. The van der Waals surface area contributed by atoms with Crippen LogP contribution >= 0.6 is 23.4 Å². The van der Waals surface area contributed by atoms with Crippen LogP contribution in [0.3, 0.4) is 0 Å². The van der Waals surface area contributed by atoms with Crippen molar-refractivity contribution in [2.75, 3.05) is 20.3 Å². The van der Waals surface area contributed by atoms with Crippen molar-refractivity contribution in [3.05, 3.63) is 64.4 Å². The van der Waals surface area contributed by atoms with Crippen LogP contribution in [0.25, 0.3) is 11.1 Å². The summed E-state index contributed by atoms with van der Waals surface area (Å²) >= 11 is 7.63. The Hall–Kier alpha value is -3.30. The SMILES string of the molecule is COc1ccc(CSc2nc(Cl)c(C#N)c(-c3ccc(OCCO)cc3)c2C#N)cn1. The summed E-state index contributed by atoms with van der Waals surface area (Å²) in [6.07, 6.45) is 1.69. The molecule has 0 radical (unpaired) electrons. The molecule has 0 aliphatic rings. The number of nitriles is 2. The van der Waals surface area contributed by atoms with E-state index in [0.29, 0.717) is 33.5 Å². The highest BCUT2D eigenvalue weighted by Gasteiger charge is 2.21. The molecule has 0 saturated carbocycles. The first-order chi connectivity index (χ1) is 15.1. The lowest BCUT2D eigenvalue weighted by Crippen LogP contribution is -2.02. The molecule has 0 amide bonds. The molecule has 2 heterocycles. The molecular weight excluding hydrogens is 436 g/mol. The van der Waals surface area contributed by atoms with E-state index in [-0.39, 0.29) is 29.5 Å². The minimum absolute atomic E-state index is 0.0347. The van der Waals surface area contributed by atoms with E-state index in [1.807, 2.05) is 6.07 Å². The maximum absolute atomic E-state index is 9.87. The van der Waals surface area contributed by atoms with Crippen molar-refractivity contribution in [3.63, 3.8) is 0 Å². The number of nitrogens with zero attached hydrogens (tertiary/aromatic N) is 4. The zero-order valence-corrected chi connectivity index (χ0v) is 18.1. The molecule has 0 unspecified atom stereocenters. The summed E-state index contributed by atoms with van der Waals surface area (Å²) in [5, 5.41) is 28.9. The maximum atomic E-state index is 9.87. The van der Waals surface area contributed by atoms with Crippen molar-refractivity contribution in [2.45, 2.75) is 10.8 Å². The molecule has 0 bridgehead atoms. The van der Waals surface area contributed by atoms with Gasteiger partial charge in [-0.05, 0) is 23.3 Å². The standard InChI is InChI=1S/C22H17ClN4O3S/c1-29-19-7-2-14(12-26-19)13-31-22-18(11-25)20(17(10-24)21(23)27-22)15-3-5-16(6-4-15)30-9-8-28/h2-7,12,28H,8-9,13H2,1H3. The van der Waals surface area contributed by atoms with E-state index >= 15 is 0 Å². The van der Waals surface area contributed by atoms with Crippen molar-refractivity contribution >= 4 is 23.4 Å². The average molecular weight is 453 g/mol. The van der Waals surface area contributed by atoms with Crippen LogP contribution in [-0.2, 0) is 5.75 Å². The molecule has 0 aliphatic heterocycles. The summed E-state index contributed by atoms with van der Waals surface area (Å²) in [5.41, 5.74) is 2.40. The Morgan fingerprint density at radius 3 is 2.42 bits per heavy atom. The van der Waals surface area contributed by atoms with E-state index in [4.69, 9.17) is 26.2 Å². The highest BCUT2D eigenvalue weighted by molar-refractivity contribution is 7.98. The molecule has 9 heteroatoms. The van der Waals surface area contributed by atoms with Gasteiger partial charge in [0.1, 0.15) is 34.7 Å². The quantitative estimate of drug-likeness (QED) is 0.399. The van der Waals surface area contributed by atoms with E-state index in [1.54, 1.807) is 43.6 Å². The highest BCUT2D eigenvalue weighted by atomic mass is 35.5. The van der Waals surface area contributed by atoms with Gasteiger partial charge in [-0.25, -0.2) is 9.97 Å². The zero-order valence-electron chi connectivity index (χ0n) is 16.5. The van der Waals surface area contributed by atoms with Crippen molar-refractivity contribution < 1.29 is 14.6 Å². The Morgan fingerprint density at radius 2 is 1.84 bits per heavy atom. The van der Waals surface area contributed by atoms with Crippen LogP contribution < -0.4 is 9.47 Å². The van der Waals surface area contributed by atoms with Crippen LogP contribution in [0, 0.1) is 22.7 Å². The molecule has 1 N–H and O–H groups in total. The zero-order chi connectivity index (χ0) is 22.2. The molecule has 0 aliphatic carbocycles. The molecule has 0 saturated heterocycles. The van der Waals surface area contributed by atoms with Gasteiger partial charge in [0.15, 0.2) is 0 Å². The Balaban J connectivity index is 1.97. The van der Waals surface area contributed by atoms with Crippen molar-refractivity contribution in [3.8, 4) is 34.9 Å². The summed E-state index contributed by atoms with van der Waals surface area (Å²) in [6.45, 7) is 0.0809. The number of pyridine rings is 2. The molecule has 1 aromatic carbocycles. The van der Waals surface area contributed by atoms with Gasteiger partial charge in [0.25, 0.3) is 0 Å². The Labute approximate surface area is 188 Å². The van der Waals surface area contributed by atoms with Crippen LogP contribution in [0.4, 0.5) is 0 Å². The third kappa shape index (κ3) is 5.25. The Morgan fingerprint density at radius 1 is 1.10 bits per heavy atom. The first-order valence-corrected chi connectivity index (χ1v) is 10.5. The predicted octanol–water partition coefficient (Wildman–Crippen LogP) is 4.21. The van der Waals surface area contributed by atoms with Crippen LogP contribution in [0.15, 0.2) is 47.6 Å². The van der Waals surface area contributed by atoms with Gasteiger partial charge in [0.05, 0.1) is 24.8 Å². The van der Waals surface area contributed by atoms with Gasteiger partial charge in [0, 0.05) is 23.6 Å².